The second-order valence-corrected chi connectivity index (χ2v) is 6.11. The van der Waals surface area contributed by atoms with E-state index in [9.17, 15) is 4.79 Å². The zero-order valence-electron chi connectivity index (χ0n) is 15.9. The number of aromatic nitrogens is 1. The Morgan fingerprint density at radius 2 is 1.82 bits per heavy atom. The number of benzene rings is 2. The third-order valence-corrected chi connectivity index (χ3v) is 4.24. The average Bonchev–Trinajstić information content (AvgIpc) is 2.75. The highest BCUT2D eigenvalue weighted by molar-refractivity contribution is 5.94. The number of carbonyl (C=O) groups is 1. The third-order valence-electron chi connectivity index (χ3n) is 4.24. The minimum atomic E-state index is -0.144. The second-order valence-electron chi connectivity index (χ2n) is 6.11. The third kappa shape index (κ3) is 5.01. The number of carbonyl (C=O) groups excluding carboxylic acids is 1. The van der Waals surface area contributed by atoms with Crippen molar-refractivity contribution in [3.05, 3.63) is 78.0 Å². The zero-order valence-corrected chi connectivity index (χ0v) is 15.9. The van der Waals surface area contributed by atoms with Crippen LogP contribution in [-0.4, -0.2) is 31.7 Å². The molecule has 3 rings (SSSR count). The van der Waals surface area contributed by atoms with Gasteiger partial charge in [-0.05, 0) is 36.2 Å². The summed E-state index contributed by atoms with van der Waals surface area (Å²) < 4.78 is 10.6. The highest BCUT2D eigenvalue weighted by atomic mass is 16.5. The molecule has 0 aliphatic rings. The van der Waals surface area contributed by atoms with Crippen molar-refractivity contribution in [3.63, 3.8) is 0 Å². The van der Waals surface area contributed by atoms with Crippen LogP contribution >= 0.6 is 0 Å². The van der Waals surface area contributed by atoms with Crippen LogP contribution in [-0.2, 0) is 6.42 Å². The summed E-state index contributed by atoms with van der Waals surface area (Å²) >= 11 is 0. The van der Waals surface area contributed by atoms with E-state index in [0.29, 0.717) is 29.4 Å². The van der Waals surface area contributed by atoms with E-state index in [1.165, 1.54) is 5.56 Å². The van der Waals surface area contributed by atoms with Crippen molar-refractivity contribution >= 4 is 17.4 Å². The summed E-state index contributed by atoms with van der Waals surface area (Å²) in [4.78, 5) is 16.6. The molecule has 28 heavy (non-hydrogen) atoms. The molecule has 0 bridgehead atoms. The molecule has 144 valence electrons. The number of nitrogens with one attached hydrogen (secondary N) is 2. The maximum absolute atomic E-state index is 12.3. The van der Waals surface area contributed by atoms with Gasteiger partial charge in [-0.1, -0.05) is 30.3 Å². The van der Waals surface area contributed by atoms with E-state index in [1.807, 2.05) is 48.5 Å². The quantitative estimate of drug-likeness (QED) is 0.624. The van der Waals surface area contributed by atoms with E-state index in [0.717, 1.165) is 12.1 Å². The first kappa shape index (κ1) is 19.2. The van der Waals surface area contributed by atoms with Gasteiger partial charge in [-0.2, -0.15) is 0 Å². The van der Waals surface area contributed by atoms with Crippen LogP contribution < -0.4 is 20.1 Å². The molecule has 1 heterocycles. The van der Waals surface area contributed by atoms with Gasteiger partial charge < -0.3 is 20.1 Å². The Kier molecular flexibility index (Phi) is 6.46. The summed E-state index contributed by atoms with van der Waals surface area (Å²) in [6.45, 7) is 0.573. The summed E-state index contributed by atoms with van der Waals surface area (Å²) in [5.41, 5.74) is 2.43. The van der Waals surface area contributed by atoms with Crippen LogP contribution in [0.1, 0.15) is 15.9 Å². The molecule has 2 aromatic carbocycles. The molecule has 0 aliphatic carbocycles. The van der Waals surface area contributed by atoms with Crippen molar-refractivity contribution in [2.24, 2.45) is 0 Å². The van der Waals surface area contributed by atoms with Crippen molar-refractivity contribution < 1.29 is 14.3 Å². The minimum Gasteiger partial charge on any atom is -0.497 e. The summed E-state index contributed by atoms with van der Waals surface area (Å²) in [6.07, 6.45) is 2.34. The molecule has 6 nitrogen and oxygen atoms in total. The second kappa shape index (κ2) is 9.41. The molecule has 0 radical (unpaired) electrons. The van der Waals surface area contributed by atoms with Crippen molar-refractivity contribution in [3.8, 4) is 11.5 Å². The van der Waals surface area contributed by atoms with E-state index in [-0.39, 0.29) is 5.91 Å². The minimum absolute atomic E-state index is 0.144. The lowest BCUT2D eigenvalue weighted by atomic mass is 10.1. The molecule has 0 saturated heterocycles. The monoisotopic (exact) mass is 377 g/mol. The molecule has 1 amide bonds. The highest BCUT2D eigenvalue weighted by Crippen LogP contribution is 2.30. The Morgan fingerprint density at radius 1 is 1.00 bits per heavy atom. The summed E-state index contributed by atoms with van der Waals surface area (Å²) in [5, 5.41) is 6.10. The predicted molar refractivity (Wildman–Crippen MR) is 110 cm³/mol. The van der Waals surface area contributed by atoms with Gasteiger partial charge in [0.05, 0.1) is 25.5 Å². The van der Waals surface area contributed by atoms with Gasteiger partial charge in [-0.15, -0.1) is 0 Å². The predicted octanol–water partition coefficient (Wildman–Crippen LogP) is 3.81. The van der Waals surface area contributed by atoms with Crippen molar-refractivity contribution in [2.45, 2.75) is 6.42 Å². The normalized spacial score (nSPS) is 10.2. The fourth-order valence-electron chi connectivity index (χ4n) is 2.72. The molecule has 1 aromatic heterocycles. The molecule has 0 fully saturated rings. The zero-order chi connectivity index (χ0) is 19.8. The largest absolute Gasteiger partial charge is 0.497 e. The number of hydrogen-bond donors (Lipinski definition) is 2. The van der Waals surface area contributed by atoms with Gasteiger partial charge in [-0.3, -0.25) is 4.79 Å². The van der Waals surface area contributed by atoms with Gasteiger partial charge in [0.25, 0.3) is 5.91 Å². The molecule has 0 spiro atoms. The number of nitrogens with zero attached hydrogens (tertiary/aromatic N) is 1. The van der Waals surface area contributed by atoms with Crippen molar-refractivity contribution in [1.29, 1.82) is 0 Å². The van der Waals surface area contributed by atoms with Crippen LogP contribution in [0.3, 0.4) is 0 Å². The lowest BCUT2D eigenvalue weighted by Crippen LogP contribution is -2.25. The first-order chi connectivity index (χ1) is 13.7. The van der Waals surface area contributed by atoms with Crippen molar-refractivity contribution in [1.82, 2.24) is 10.3 Å². The molecular weight excluding hydrogens is 354 g/mol. The molecule has 0 unspecified atom stereocenters. The van der Waals surface area contributed by atoms with Crippen LogP contribution in [0.15, 0.2) is 66.9 Å². The van der Waals surface area contributed by atoms with E-state index in [2.05, 4.69) is 15.6 Å². The lowest BCUT2D eigenvalue weighted by molar-refractivity contribution is 0.0954. The fourth-order valence-corrected chi connectivity index (χ4v) is 2.72. The number of hydrogen-bond acceptors (Lipinski definition) is 5. The van der Waals surface area contributed by atoms with E-state index in [4.69, 9.17) is 9.47 Å². The molecule has 0 saturated carbocycles. The lowest BCUT2D eigenvalue weighted by Gasteiger charge is -2.12. The molecule has 0 aliphatic heterocycles. The van der Waals surface area contributed by atoms with Crippen LogP contribution in [0.4, 0.5) is 11.5 Å². The van der Waals surface area contributed by atoms with Gasteiger partial charge in [-0.25, -0.2) is 4.98 Å². The van der Waals surface area contributed by atoms with Crippen molar-refractivity contribution in [2.75, 3.05) is 26.1 Å². The Bertz CT molecular complexity index is 912. The number of ether oxygens (including phenoxy) is 2. The number of pyridine rings is 1. The van der Waals surface area contributed by atoms with Crippen LogP contribution in [0.25, 0.3) is 0 Å². The molecule has 2 N–H and O–H groups in total. The van der Waals surface area contributed by atoms with Crippen LogP contribution in [0.2, 0.25) is 0 Å². The Hall–Kier alpha value is -3.54. The fraction of sp³-hybridized carbons (Fsp3) is 0.182. The molecular formula is C22H23N3O3. The van der Waals surface area contributed by atoms with Gasteiger partial charge in [0.2, 0.25) is 0 Å². The van der Waals surface area contributed by atoms with Gasteiger partial charge in [0.15, 0.2) is 0 Å². The van der Waals surface area contributed by atoms with E-state index < -0.39 is 0 Å². The standard InChI is InChI=1S/C22H23N3O3/c1-27-18-9-10-20(28-2)19(14-18)25-21-11-8-17(15-24-21)22(26)23-13-12-16-6-4-3-5-7-16/h3-11,14-15H,12-13H2,1-2H3,(H,23,26)(H,24,25). The van der Waals surface area contributed by atoms with E-state index >= 15 is 0 Å². The Balaban J connectivity index is 1.59. The van der Waals surface area contributed by atoms with Crippen LogP contribution in [0.5, 0.6) is 11.5 Å². The summed E-state index contributed by atoms with van der Waals surface area (Å²) in [7, 11) is 3.21. The molecule has 6 heteroatoms. The SMILES string of the molecule is COc1ccc(OC)c(Nc2ccc(C(=O)NCCc3ccccc3)cn2)c1. The number of rotatable bonds is 8. The van der Waals surface area contributed by atoms with E-state index in [1.54, 1.807) is 32.5 Å². The first-order valence-electron chi connectivity index (χ1n) is 8.97. The molecule has 3 aromatic rings. The maximum Gasteiger partial charge on any atom is 0.252 e. The van der Waals surface area contributed by atoms with Gasteiger partial charge >= 0.3 is 0 Å². The summed E-state index contributed by atoms with van der Waals surface area (Å²) in [6, 6.07) is 19.0. The van der Waals surface area contributed by atoms with Crippen LogP contribution in [0, 0.1) is 0 Å². The number of amides is 1. The highest BCUT2D eigenvalue weighted by Gasteiger charge is 2.09. The first-order valence-corrected chi connectivity index (χ1v) is 8.97. The van der Waals surface area contributed by atoms with Gasteiger partial charge in [0, 0.05) is 18.8 Å². The topological polar surface area (TPSA) is 72.5 Å². The summed E-state index contributed by atoms with van der Waals surface area (Å²) in [5.74, 6) is 1.84. The average molecular weight is 377 g/mol. The Labute approximate surface area is 164 Å². The number of methoxy groups -OCH3 is 2. The smallest absolute Gasteiger partial charge is 0.252 e. The Morgan fingerprint density at radius 3 is 2.50 bits per heavy atom. The van der Waals surface area contributed by atoms with Gasteiger partial charge in [0.1, 0.15) is 17.3 Å². The maximum atomic E-state index is 12.3. The molecule has 0 atom stereocenters. The number of anilines is 2.